The van der Waals surface area contributed by atoms with Gasteiger partial charge in [-0.3, -0.25) is 24.6 Å². The van der Waals surface area contributed by atoms with E-state index in [1.54, 1.807) is 0 Å². The molecule has 2 aromatic carbocycles. The zero-order valence-corrected chi connectivity index (χ0v) is 20.1. The molecule has 1 fully saturated rings. The van der Waals surface area contributed by atoms with Crippen molar-refractivity contribution in [1.29, 1.82) is 0 Å². The molecule has 2 heterocycles. The van der Waals surface area contributed by atoms with Gasteiger partial charge in [-0.1, -0.05) is 11.6 Å². The second-order valence-electron chi connectivity index (χ2n) is 8.67. The number of hydrogen-bond acceptors (Lipinski definition) is 5. The fourth-order valence-electron chi connectivity index (χ4n) is 4.62. The summed E-state index contributed by atoms with van der Waals surface area (Å²) in [6, 6.07) is 6.95. The van der Waals surface area contributed by atoms with E-state index < -0.39 is 48.1 Å². The van der Waals surface area contributed by atoms with Crippen LogP contribution in [0.5, 0.6) is 0 Å². The van der Waals surface area contributed by atoms with Crippen LogP contribution >= 0.6 is 11.6 Å². The van der Waals surface area contributed by atoms with Crippen LogP contribution in [0.3, 0.4) is 0 Å². The van der Waals surface area contributed by atoms with Crippen LogP contribution in [0.4, 0.5) is 29.7 Å². The highest BCUT2D eigenvalue weighted by Crippen LogP contribution is 2.45. The molecule has 4 rings (SSSR count). The standard InChI is InChI=1S/C24H23ClF2N4O6/c25-15-6-7-16-18(19(15)27)24(37-23(36)30-16)9-1-11-31(12-24)21(33)17(8-10-26)29-20(32)13-2-4-14(5-3-13)28-22(34)35/h2-7,17,28H,1,8-12H2,(H,29,32)(H,30,36)(H,34,35)/t17-,24?/m0/s1. The normalized spacial score (nSPS) is 19.3. The van der Waals surface area contributed by atoms with Crippen molar-refractivity contribution < 1.29 is 37.8 Å². The summed E-state index contributed by atoms with van der Waals surface area (Å²) in [6.07, 6.45) is -1.82. The number of fused-ring (bicyclic) bond motifs is 2. The van der Waals surface area contributed by atoms with Crippen molar-refractivity contribution in [2.45, 2.75) is 30.9 Å². The predicted octanol–water partition coefficient (Wildman–Crippen LogP) is 4.11. The van der Waals surface area contributed by atoms with E-state index in [1.165, 1.54) is 41.3 Å². The molecule has 0 bridgehead atoms. The number of amides is 4. The molecule has 2 aromatic rings. The maximum atomic E-state index is 15.1. The predicted molar refractivity (Wildman–Crippen MR) is 129 cm³/mol. The second kappa shape index (κ2) is 10.6. The number of halogens is 3. The number of ether oxygens (including phenoxy) is 1. The van der Waals surface area contributed by atoms with Crippen molar-refractivity contribution in [2.75, 3.05) is 30.4 Å². The van der Waals surface area contributed by atoms with E-state index in [0.717, 1.165) is 0 Å². The molecule has 0 saturated carbocycles. The van der Waals surface area contributed by atoms with Gasteiger partial charge in [0.2, 0.25) is 5.91 Å². The smallest absolute Gasteiger partial charge is 0.412 e. The van der Waals surface area contributed by atoms with Crippen molar-refractivity contribution in [2.24, 2.45) is 0 Å². The van der Waals surface area contributed by atoms with Gasteiger partial charge in [0.15, 0.2) is 11.4 Å². The van der Waals surface area contributed by atoms with Gasteiger partial charge in [-0.2, -0.15) is 0 Å². The molecule has 1 saturated heterocycles. The first-order chi connectivity index (χ1) is 17.6. The Morgan fingerprint density at radius 2 is 1.95 bits per heavy atom. The molecular weight excluding hydrogens is 514 g/mol. The van der Waals surface area contributed by atoms with Crippen LogP contribution < -0.4 is 16.0 Å². The number of likely N-dealkylation sites (tertiary alicyclic amines) is 1. The molecule has 2 aliphatic rings. The van der Waals surface area contributed by atoms with Gasteiger partial charge in [0.05, 0.1) is 29.5 Å². The second-order valence-corrected chi connectivity index (χ2v) is 9.07. The van der Waals surface area contributed by atoms with E-state index in [-0.39, 0.29) is 53.5 Å². The minimum atomic E-state index is -1.50. The molecule has 10 nitrogen and oxygen atoms in total. The van der Waals surface area contributed by atoms with Crippen LogP contribution in [0.25, 0.3) is 0 Å². The number of nitrogens with zero attached hydrogens (tertiary/aromatic N) is 1. The van der Waals surface area contributed by atoms with E-state index in [0.29, 0.717) is 6.42 Å². The Kier molecular flexibility index (Phi) is 7.48. The molecule has 2 aliphatic heterocycles. The molecule has 37 heavy (non-hydrogen) atoms. The van der Waals surface area contributed by atoms with Crippen molar-refractivity contribution in [3.05, 3.63) is 58.4 Å². The van der Waals surface area contributed by atoms with Crippen LogP contribution in [0.15, 0.2) is 36.4 Å². The van der Waals surface area contributed by atoms with Crippen molar-refractivity contribution in [3.63, 3.8) is 0 Å². The molecule has 1 spiro atoms. The molecule has 13 heteroatoms. The Morgan fingerprint density at radius 1 is 1.22 bits per heavy atom. The van der Waals surface area contributed by atoms with Crippen molar-refractivity contribution >= 4 is 47.0 Å². The van der Waals surface area contributed by atoms with Gasteiger partial charge in [-0.25, -0.2) is 14.0 Å². The highest BCUT2D eigenvalue weighted by Gasteiger charge is 2.49. The SMILES string of the molecule is O=C(O)Nc1ccc(C(=O)N[C@@H](CCF)C(=O)N2CCCC3(C2)OC(=O)Nc2ccc(Cl)c(F)c23)cc1. The number of benzene rings is 2. The number of piperidine rings is 1. The molecule has 196 valence electrons. The third kappa shape index (κ3) is 5.43. The van der Waals surface area contributed by atoms with Crippen LogP contribution in [0, 0.1) is 5.82 Å². The number of hydrogen-bond donors (Lipinski definition) is 4. The monoisotopic (exact) mass is 536 g/mol. The van der Waals surface area contributed by atoms with Gasteiger partial charge in [0.1, 0.15) is 6.04 Å². The zero-order valence-electron chi connectivity index (χ0n) is 19.4. The first kappa shape index (κ1) is 26.1. The minimum Gasteiger partial charge on any atom is -0.465 e. The molecule has 0 aromatic heterocycles. The van der Waals surface area contributed by atoms with E-state index in [9.17, 15) is 23.6 Å². The summed E-state index contributed by atoms with van der Waals surface area (Å²) >= 11 is 5.98. The lowest BCUT2D eigenvalue weighted by Gasteiger charge is -2.45. The van der Waals surface area contributed by atoms with Gasteiger partial charge in [-0.05, 0) is 49.2 Å². The number of carboxylic acid groups (broad SMARTS) is 1. The molecule has 2 atom stereocenters. The summed E-state index contributed by atoms with van der Waals surface area (Å²) < 4.78 is 34.0. The highest BCUT2D eigenvalue weighted by atomic mass is 35.5. The maximum Gasteiger partial charge on any atom is 0.412 e. The van der Waals surface area contributed by atoms with E-state index in [2.05, 4.69) is 16.0 Å². The summed E-state index contributed by atoms with van der Waals surface area (Å²) in [4.78, 5) is 50.5. The lowest BCUT2D eigenvalue weighted by molar-refractivity contribution is -0.141. The average molecular weight is 537 g/mol. The van der Waals surface area contributed by atoms with E-state index >= 15 is 4.39 Å². The summed E-state index contributed by atoms with van der Waals surface area (Å²) in [6.45, 7) is -0.891. The Morgan fingerprint density at radius 3 is 2.62 bits per heavy atom. The Bertz CT molecular complexity index is 1240. The van der Waals surface area contributed by atoms with Crippen LogP contribution in [0.1, 0.15) is 35.2 Å². The van der Waals surface area contributed by atoms with E-state index in [4.69, 9.17) is 21.4 Å². The van der Waals surface area contributed by atoms with Gasteiger partial charge in [0.25, 0.3) is 5.91 Å². The number of rotatable bonds is 6. The molecule has 4 amide bonds. The van der Waals surface area contributed by atoms with Gasteiger partial charge in [-0.15, -0.1) is 0 Å². The van der Waals surface area contributed by atoms with Crippen molar-refractivity contribution in [1.82, 2.24) is 10.2 Å². The lowest BCUT2D eigenvalue weighted by atomic mass is 9.83. The van der Waals surface area contributed by atoms with Gasteiger partial charge >= 0.3 is 12.2 Å². The number of alkyl halides is 1. The lowest BCUT2D eigenvalue weighted by Crippen LogP contribution is -2.57. The Balaban J connectivity index is 1.54. The first-order valence-electron chi connectivity index (χ1n) is 11.4. The molecule has 0 aliphatic carbocycles. The Hall–Kier alpha value is -3.93. The summed E-state index contributed by atoms with van der Waals surface area (Å²) in [5.74, 6) is -2.06. The fraction of sp³-hybridized carbons (Fsp3) is 0.333. The maximum absolute atomic E-state index is 15.1. The van der Waals surface area contributed by atoms with Gasteiger partial charge in [0, 0.05) is 24.2 Å². The number of anilines is 2. The first-order valence-corrected chi connectivity index (χ1v) is 11.8. The van der Waals surface area contributed by atoms with E-state index in [1.807, 2.05) is 0 Å². The highest BCUT2D eigenvalue weighted by molar-refractivity contribution is 6.31. The number of carbonyl (C=O) groups excluding carboxylic acids is 3. The molecule has 4 N–H and O–H groups in total. The number of nitrogens with one attached hydrogen (secondary N) is 3. The third-order valence-electron chi connectivity index (χ3n) is 6.24. The molecule has 1 unspecified atom stereocenters. The summed E-state index contributed by atoms with van der Waals surface area (Å²) in [5, 5.41) is 15.7. The van der Waals surface area contributed by atoms with Gasteiger partial charge < -0.3 is 20.1 Å². The zero-order chi connectivity index (χ0) is 26.7. The number of carbonyl (C=O) groups is 4. The third-order valence-corrected chi connectivity index (χ3v) is 6.53. The van der Waals surface area contributed by atoms with Crippen LogP contribution in [-0.2, 0) is 15.1 Å². The topological polar surface area (TPSA) is 137 Å². The average Bonchev–Trinajstić information content (AvgIpc) is 2.85. The molecular formula is C24H23ClF2N4O6. The minimum absolute atomic E-state index is 0.0261. The summed E-state index contributed by atoms with van der Waals surface area (Å²) in [5.41, 5.74) is -0.929. The largest absolute Gasteiger partial charge is 0.465 e. The molecule has 0 radical (unpaired) electrons. The van der Waals surface area contributed by atoms with Crippen LogP contribution in [0.2, 0.25) is 5.02 Å². The van der Waals surface area contributed by atoms with Crippen molar-refractivity contribution in [3.8, 4) is 0 Å². The Labute approximate surface area is 214 Å². The van der Waals surface area contributed by atoms with Crippen LogP contribution in [-0.4, -0.2) is 59.8 Å². The quantitative estimate of drug-likeness (QED) is 0.438. The summed E-state index contributed by atoms with van der Waals surface area (Å²) in [7, 11) is 0. The fourth-order valence-corrected chi connectivity index (χ4v) is 4.78.